The molecule has 0 bridgehead atoms. The number of hydrogen-bond donors (Lipinski definition) is 1. The van der Waals surface area contributed by atoms with Crippen molar-refractivity contribution in [2.24, 2.45) is 5.92 Å². The van der Waals surface area contributed by atoms with Gasteiger partial charge >= 0.3 is 0 Å². The van der Waals surface area contributed by atoms with E-state index in [2.05, 4.69) is 33.4 Å². The fraction of sp³-hybridized carbons (Fsp3) is 0.588. The van der Waals surface area contributed by atoms with Gasteiger partial charge in [-0.3, -0.25) is 4.79 Å². The Morgan fingerprint density at radius 2 is 2.10 bits per heavy atom. The fourth-order valence-corrected chi connectivity index (χ4v) is 3.45. The van der Waals surface area contributed by atoms with Crippen LogP contribution < -0.4 is 5.32 Å². The molecule has 20 heavy (non-hydrogen) atoms. The molecular formula is C17H24BrNO. The molecule has 1 aromatic rings. The molecule has 1 fully saturated rings. The monoisotopic (exact) mass is 337 g/mol. The normalized spacial score (nSPS) is 17.7. The summed E-state index contributed by atoms with van der Waals surface area (Å²) < 4.78 is 1.08. The Morgan fingerprint density at radius 1 is 1.35 bits per heavy atom. The Labute approximate surface area is 130 Å². The van der Waals surface area contributed by atoms with Crippen LogP contribution in [0.4, 0.5) is 5.69 Å². The van der Waals surface area contributed by atoms with Gasteiger partial charge in [-0.05, 0) is 37.0 Å². The molecule has 0 heterocycles. The maximum Gasteiger partial charge on any atom is 0.134 e. The van der Waals surface area contributed by atoms with E-state index in [9.17, 15) is 4.79 Å². The highest BCUT2D eigenvalue weighted by molar-refractivity contribution is 9.10. The molecule has 1 aromatic carbocycles. The molecule has 0 aromatic heterocycles. The number of carbonyl (C=O) groups is 1. The van der Waals surface area contributed by atoms with Crippen molar-refractivity contribution in [2.75, 3.05) is 5.32 Å². The van der Waals surface area contributed by atoms with Crippen molar-refractivity contribution in [3.8, 4) is 0 Å². The average molecular weight is 338 g/mol. The van der Waals surface area contributed by atoms with E-state index < -0.39 is 0 Å². The van der Waals surface area contributed by atoms with Crippen LogP contribution in [0.1, 0.15) is 51.9 Å². The third-order valence-corrected chi connectivity index (χ3v) is 4.73. The van der Waals surface area contributed by atoms with E-state index >= 15 is 0 Å². The van der Waals surface area contributed by atoms with E-state index in [-0.39, 0.29) is 6.04 Å². The quantitative estimate of drug-likeness (QED) is 0.774. The molecule has 0 radical (unpaired) electrons. The standard InChI is InChI=1S/C17H24BrNO/c1-2-16(20)12-17(13-7-4-3-5-8-13)19-15-10-6-9-14(18)11-15/h6,9-11,13,17,19H,2-5,7-8,12H2,1H3/t17-/m0/s1. The highest BCUT2D eigenvalue weighted by Gasteiger charge is 2.25. The van der Waals surface area contributed by atoms with Gasteiger partial charge in [0.25, 0.3) is 0 Å². The van der Waals surface area contributed by atoms with Gasteiger partial charge in [0.15, 0.2) is 0 Å². The van der Waals surface area contributed by atoms with Gasteiger partial charge in [-0.2, -0.15) is 0 Å². The number of benzene rings is 1. The molecular weight excluding hydrogens is 314 g/mol. The zero-order valence-corrected chi connectivity index (χ0v) is 13.8. The van der Waals surface area contributed by atoms with Crippen molar-refractivity contribution in [1.82, 2.24) is 0 Å². The lowest BCUT2D eigenvalue weighted by Gasteiger charge is -2.31. The van der Waals surface area contributed by atoms with Crippen LogP contribution >= 0.6 is 15.9 Å². The summed E-state index contributed by atoms with van der Waals surface area (Å²) in [6.45, 7) is 1.96. The average Bonchev–Trinajstić information content (AvgIpc) is 2.47. The second kappa shape index (κ2) is 7.82. The summed E-state index contributed by atoms with van der Waals surface area (Å²) in [4.78, 5) is 11.9. The first-order valence-electron chi connectivity index (χ1n) is 7.73. The summed E-state index contributed by atoms with van der Waals surface area (Å²) in [6, 6.07) is 8.52. The highest BCUT2D eigenvalue weighted by Crippen LogP contribution is 2.30. The van der Waals surface area contributed by atoms with Crippen LogP contribution in [-0.2, 0) is 4.79 Å². The minimum atomic E-state index is 0.289. The summed E-state index contributed by atoms with van der Waals surface area (Å²) in [7, 11) is 0. The Morgan fingerprint density at radius 3 is 2.75 bits per heavy atom. The number of anilines is 1. The summed E-state index contributed by atoms with van der Waals surface area (Å²) in [5.41, 5.74) is 1.11. The van der Waals surface area contributed by atoms with Gasteiger partial charge in [0, 0.05) is 29.0 Å². The molecule has 1 atom stereocenters. The molecule has 1 aliphatic rings. The second-order valence-electron chi connectivity index (χ2n) is 5.76. The van der Waals surface area contributed by atoms with Crippen molar-refractivity contribution in [2.45, 2.75) is 57.9 Å². The Bertz CT molecular complexity index is 440. The lowest BCUT2D eigenvalue weighted by Crippen LogP contribution is -2.33. The van der Waals surface area contributed by atoms with Gasteiger partial charge in [-0.1, -0.05) is 48.2 Å². The van der Waals surface area contributed by atoms with Gasteiger partial charge in [-0.25, -0.2) is 0 Å². The number of hydrogen-bond acceptors (Lipinski definition) is 2. The van der Waals surface area contributed by atoms with Crippen molar-refractivity contribution in [1.29, 1.82) is 0 Å². The van der Waals surface area contributed by atoms with Crippen molar-refractivity contribution in [3.05, 3.63) is 28.7 Å². The Balaban J connectivity index is 2.06. The Hall–Kier alpha value is -0.830. The molecule has 1 N–H and O–H groups in total. The van der Waals surface area contributed by atoms with E-state index in [4.69, 9.17) is 0 Å². The van der Waals surface area contributed by atoms with Crippen molar-refractivity contribution >= 4 is 27.4 Å². The molecule has 0 amide bonds. The first kappa shape index (κ1) is 15.6. The minimum absolute atomic E-state index is 0.289. The van der Waals surface area contributed by atoms with E-state index in [0.29, 0.717) is 24.5 Å². The molecule has 1 aliphatic carbocycles. The van der Waals surface area contributed by atoms with Crippen LogP contribution in [-0.4, -0.2) is 11.8 Å². The molecule has 110 valence electrons. The summed E-state index contributed by atoms with van der Waals surface area (Å²) in [6.07, 6.45) is 7.77. The summed E-state index contributed by atoms with van der Waals surface area (Å²) in [5, 5.41) is 3.60. The highest BCUT2D eigenvalue weighted by atomic mass is 79.9. The third-order valence-electron chi connectivity index (χ3n) is 4.24. The van der Waals surface area contributed by atoms with Crippen LogP contribution in [0, 0.1) is 5.92 Å². The van der Waals surface area contributed by atoms with Gasteiger partial charge in [0.2, 0.25) is 0 Å². The molecule has 0 unspecified atom stereocenters. The molecule has 2 rings (SSSR count). The van der Waals surface area contributed by atoms with Crippen LogP contribution in [0.2, 0.25) is 0 Å². The first-order chi connectivity index (χ1) is 9.69. The number of nitrogens with one attached hydrogen (secondary N) is 1. The van der Waals surface area contributed by atoms with Gasteiger partial charge in [0.05, 0.1) is 0 Å². The third kappa shape index (κ3) is 4.62. The number of Topliss-reactive ketones (excluding diaryl/α,β-unsaturated/α-hetero) is 1. The van der Waals surface area contributed by atoms with E-state index in [1.807, 2.05) is 19.1 Å². The molecule has 0 spiro atoms. The minimum Gasteiger partial charge on any atom is -0.382 e. The van der Waals surface area contributed by atoms with Crippen molar-refractivity contribution < 1.29 is 4.79 Å². The zero-order valence-electron chi connectivity index (χ0n) is 12.2. The number of carbonyl (C=O) groups excluding carboxylic acids is 1. The van der Waals surface area contributed by atoms with Crippen LogP contribution in [0.3, 0.4) is 0 Å². The van der Waals surface area contributed by atoms with E-state index in [0.717, 1.165) is 10.2 Å². The molecule has 0 saturated heterocycles. The lowest BCUT2D eigenvalue weighted by molar-refractivity contribution is -0.119. The predicted molar refractivity (Wildman–Crippen MR) is 88.0 cm³/mol. The van der Waals surface area contributed by atoms with E-state index in [1.165, 1.54) is 32.1 Å². The zero-order chi connectivity index (χ0) is 14.4. The first-order valence-corrected chi connectivity index (χ1v) is 8.52. The van der Waals surface area contributed by atoms with Gasteiger partial charge in [-0.15, -0.1) is 0 Å². The molecule has 0 aliphatic heterocycles. The second-order valence-corrected chi connectivity index (χ2v) is 6.67. The summed E-state index contributed by atoms with van der Waals surface area (Å²) in [5.74, 6) is 1.00. The molecule has 2 nitrogen and oxygen atoms in total. The molecule has 3 heteroatoms. The van der Waals surface area contributed by atoms with E-state index in [1.54, 1.807) is 0 Å². The largest absolute Gasteiger partial charge is 0.382 e. The van der Waals surface area contributed by atoms with Gasteiger partial charge in [0.1, 0.15) is 5.78 Å². The molecule has 1 saturated carbocycles. The Kier molecular flexibility index (Phi) is 6.08. The predicted octanol–water partition coefficient (Wildman–Crippen LogP) is 5.18. The smallest absolute Gasteiger partial charge is 0.134 e. The number of ketones is 1. The fourth-order valence-electron chi connectivity index (χ4n) is 3.05. The van der Waals surface area contributed by atoms with Gasteiger partial charge < -0.3 is 5.32 Å². The van der Waals surface area contributed by atoms with Crippen LogP contribution in [0.25, 0.3) is 0 Å². The van der Waals surface area contributed by atoms with Crippen LogP contribution in [0.15, 0.2) is 28.7 Å². The lowest BCUT2D eigenvalue weighted by atomic mass is 9.81. The number of rotatable bonds is 6. The van der Waals surface area contributed by atoms with Crippen LogP contribution in [0.5, 0.6) is 0 Å². The summed E-state index contributed by atoms with van der Waals surface area (Å²) >= 11 is 3.51. The maximum atomic E-state index is 11.9. The topological polar surface area (TPSA) is 29.1 Å². The SMILES string of the molecule is CCC(=O)C[C@H](Nc1cccc(Br)c1)C1CCCCC1. The van der Waals surface area contributed by atoms with Crippen molar-refractivity contribution in [3.63, 3.8) is 0 Å². The maximum absolute atomic E-state index is 11.9. The number of halogens is 1.